The van der Waals surface area contributed by atoms with Crippen LogP contribution in [-0.2, 0) is 11.8 Å². The summed E-state index contributed by atoms with van der Waals surface area (Å²) < 4.78 is 14.9. The van der Waals surface area contributed by atoms with E-state index in [1.165, 1.54) is 0 Å². The molecule has 1 aliphatic heterocycles. The first-order valence-corrected chi connectivity index (χ1v) is 11.7. The summed E-state index contributed by atoms with van der Waals surface area (Å²) in [5.74, 6) is 0.616. The van der Waals surface area contributed by atoms with Gasteiger partial charge in [0, 0.05) is 43.4 Å². The van der Waals surface area contributed by atoms with Gasteiger partial charge in [0.05, 0.1) is 24.8 Å². The lowest BCUT2D eigenvalue weighted by molar-refractivity contribution is 0.0593. The molecule has 1 aromatic carbocycles. The summed E-state index contributed by atoms with van der Waals surface area (Å²) in [5.41, 5.74) is 4.02. The van der Waals surface area contributed by atoms with Crippen molar-refractivity contribution in [3.05, 3.63) is 47.0 Å². The summed E-state index contributed by atoms with van der Waals surface area (Å²) in [4.78, 5) is 19.8. The number of imidazole rings is 1. The number of benzene rings is 1. The number of nitrogens with zero attached hydrogens (tertiary/aromatic N) is 6. The van der Waals surface area contributed by atoms with Crippen LogP contribution in [0.15, 0.2) is 41.3 Å². The molecule has 34 heavy (non-hydrogen) atoms. The highest BCUT2D eigenvalue weighted by Gasteiger charge is 2.24. The Kier molecular flexibility index (Phi) is 6.30. The predicted molar refractivity (Wildman–Crippen MR) is 131 cm³/mol. The summed E-state index contributed by atoms with van der Waals surface area (Å²) >= 11 is 0. The molecule has 1 aliphatic rings. The number of ether oxygens (including phenoxy) is 2. The number of hydrogen-bond donors (Lipinski definition) is 0. The maximum atomic E-state index is 13.1. The van der Waals surface area contributed by atoms with E-state index in [0.29, 0.717) is 24.7 Å². The predicted octanol–water partition coefficient (Wildman–Crippen LogP) is 3.03. The Morgan fingerprint density at radius 2 is 2.03 bits per heavy atom. The zero-order chi connectivity index (χ0) is 23.7. The minimum Gasteiger partial charge on any atom is -0.478 e. The van der Waals surface area contributed by atoms with E-state index in [1.807, 2.05) is 49.1 Å². The van der Waals surface area contributed by atoms with Gasteiger partial charge in [-0.25, -0.2) is 9.78 Å². The fourth-order valence-corrected chi connectivity index (χ4v) is 4.53. The number of aryl methyl sites for hydroxylation is 1. The van der Waals surface area contributed by atoms with Gasteiger partial charge in [-0.15, -0.1) is 10.2 Å². The van der Waals surface area contributed by atoms with Gasteiger partial charge in [-0.2, -0.15) is 0 Å². The van der Waals surface area contributed by atoms with Gasteiger partial charge in [0.1, 0.15) is 5.52 Å². The van der Waals surface area contributed by atoms with Crippen molar-refractivity contribution in [2.75, 3.05) is 40.5 Å². The van der Waals surface area contributed by atoms with Crippen molar-refractivity contribution in [3.63, 3.8) is 0 Å². The first-order chi connectivity index (χ1) is 16.5. The Balaban J connectivity index is 1.51. The quantitative estimate of drug-likeness (QED) is 0.390. The van der Waals surface area contributed by atoms with Crippen molar-refractivity contribution in [3.8, 4) is 17.0 Å². The van der Waals surface area contributed by atoms with Crippen LogP contribution < -0.4 is 10.4 Å². The fourth-order valence-electron chi connectivity index (χ4n) is 4.53. The summed E-state index contributed by atoms with van der Waals surface area (Å²) in [7, 11) is 5.84. The lowest BCUT2D eigenvalue weighted by Crippen LogP contribution is -2.31. The second-order valence-electron chi connectivity index (χ2n) is 9.08. The molecule has 178 valence electrons. The lowest BCUT2D eigenvalue weighted by Gasteiger charge is -2.23. The molecule has 0 bridgehead atoms. The molecule has 0 saturated carbocycles. The van der Waals surface area contributed by atoms with E-state index in [1.54, 1.807) is 11.6 Å². The van der Waals surface area contributed by atoms with E-state index >= 15 is 0 Å². The molecule has 1 saturated heterocycles. The molecule has 4 heterocycles. The summed E-state index contributed by atoms with van der Waals surface area (Å²) in [6.07, 6.45) is 4.61. The molecule has 0 radical (unpaired) electrons. The van der Waals surface area contributed by atoms with Gasteiger partial charge in [-0.3, -0.25) is 9.13 Å². The van der Waals surface area contributed by atoms with Gasteiger partial charge >= 0.3 is 5.69 Å². The van der Waals surface area contributed by atoms with Crippen LogP contribution in [0.25, 0.3) is 33.2 Å². The monoisotopic (exact) mass is 462 g/mol. The fraction of sp³-hybridized carbons (Fsp3) is 0.440. The van der Waals surface area contributed by atoms with Gasteiger partial charge in [-0.1, -0.05) is 6.07 Å². The van der Waals surface area contributed by atoms with Gasteiger partial charge in [0.2, 0.25) is 5.88 Å². The molecule has 3 aromatic heterocycles. The maximum Gasteiger partial charge on any atom is 0.330 e. The number of rotatable bonds is 7. The third-order valence-electron chi connectivity index (χ3n) is 6.34. The lowest BCUT2D eigenvalue weighted by atomic mass is 10.0. The highest BCUT2D eigenvalue weighted by molar-refractivity contribution is 6.02. The Bertz CT molecular complexity index is 1350. The average molecular weight is 463 g/mol. The van der Waals surface area contributed by atoms with Crippen molar-refractivity contribution < 1.29 is 9.47 Å². The summed E-state index contributed by atoms with van der Waals surface area (Å²) in [6, 6.07) is 9.92. The summed E-state index contributed by atoms with van der Waals surface area (Å²) in [5, 5.41) is 9.64. The van der Waals surface area contributed by atoms with E-state index in [0.717, 1.165) is 60.0 Å². The van der Waals surface area contributed by atoms with Crippen LogP contribution in [0, 0.1) is 0 Å². The van der Waals surface area contributed by atoms with Crippen molar-refractivity contribution in [2.24, 2.45) is 7.05 Å². The van der Waals surface area contributed by atoms with E-state index < -0.39 is 0 Å². The Morgan fingerprint density at radius 3 is 2.76 bits per heavy atom. The molecule has 0 N–H and O–H groups in total. The molecule has 0 unspecified atom stereocenters. The Labute approximate surface area is 197 Å². The average Bonchev–Trinajstić information content (AvgIpc) is 3.12. The van der Waals surface area contributed by atoms with E-state index in [4.69, 9.17) is 9.47 Å². The molecule has 0 aliphatic carbocycles. The number of pyridine rings is 1. The Morgan fingerprint density at radius 1 is 1.18 bits per heavy atom. The van der Waals surface area contributed by atoms with Crippen molar-refractivity contribution in [2.45, 2.75) is 25.3 Å². The number of aromatic nitrogens is 5. The third-order valence-corrected chi connectivity index (χ3v) is 6.34. The Hall–Kier alpha value is -3.30. The van der Waals surface area contributed by atoms with Crippen LogP contribution >= 0.6 is 0 Å². The third kappa shape index (κ3) is 4.28. The highest BCUT2D eigenvalue weighted by atomic mass is 16.5. The van der Waals surface area contributed by atoms with Gasteiger partial charge in [-0.05, 0) is 57.1 Å². The summed E-state index contributed by atoms with van der Waals surface area (Å²) in [6.45, 7) is 2.88. The topological polar surface area (TPSA) is 87.3 Å². The van der Waals surface area contributed by atoms with E-state index in [2.05, 4.69) is 26.1 Å². The van der Waals surface area contributed by atoms with E-state index in [-0.39, 0.29) is 11.7 Å². The zero-order valence-electron chi connectivity index (χ0n) is 19.9. The molecule has 4 aromatic rings. The van der Waals surface area contributed by atoms with E-state index in [9.17, 15) is 4.79 Å². The van der Waals surface area contributed by atoms with Crippen molar-refractivity contribution in [1.82, 2.24) is 29.2 Å². The minimum absolute atomic E-state index is 0.00778. The van der Waals surface area contributed by atoms with Gasteiger partial charge < -0.3 is 14.4 Å². The second kappa shape index (κ2) is 9.52. The van der Waals surface area contributed by atoms with Crippen LogP contribution in [0.3, 0.4) is 0 Å². The standard InChI is InChI=1S/C25H30N6O3/c1-29(2)11-5-13-34-22-10-8-18(15-26-22)17-7-9-21-20(14-17)23-24(28-27-21)30(3)25(32)31(23)19-6-4-12-33-16-19/h7-10,14-15,19H,4-6,11-13,16H2,1-3H3/t19-/m1/s1. The van der Waals surface area contributed by atoms with Crippen molar-refractivity contribution >= 4 is 22.1 Å². The maximum absolute atomic E-state index is 13.1. The van der Waals surface area contributed by atoms with Gasteiger partial charge in [0.25, 0.3) is 0 Å². The molecule has 0 spiro atoms. The number of hydrogen-bond acceptors (Lipinski definition) is 7. The van der Waals surface area contributed by atoms with Crippen LogP contribution in [0.2, 0.25) is 0 Å². The molecule has 5 rings (SSSR count). The van der Waals surface area contributed by atoms with Crippen molar-refractivity contribution in [1.29, 1.82) is 0 Å². The number of fused-ring (bicyclic) bond motifs is 3. The molecule has 9 nitrogen and oxygen atoms in total. The normalized spacial score (nSPS) is 16.5. The van der Waals surface area contributed by atoms with Crippen LogP contribution in [0.1, 0.15) is 25.3 Å². The minimum atomic E-state index is -0.0878. The van der Waals surface area contributed by atoms with Crippen LogP contribution in [-0.4, -0.2) is 69.7 Å². The molecule has 0 amide bonds. The first-order valence-electron chi connectivity index (χ1n) is 11.7. The largest absolute Gasteiger partial charge is 0.478 e. The second-order valence-corrected chi connectivity index (χ2v) is 9.08. The molecular formula is C25H30N6O3. The molecular weight excluding hydrogens is 432 g/mol. The molecule has 1 atom stereocenters. The highest BCUT2D eigenvalue weighted by Crippen LogP contribution is 2.30. The van der Waals surface area contributed by atoms with Gasteiger partial charge in [0.15, 0.2) is 5.65 Å². The smallest absolute Gasteiger partial charge is 0.330 e. The zero-order valence-corrected chi connectivity index (χ0v) is 19.9. The first kappa shape index (κ1) is 22.5. The van der Waals surface area contributed by atoms with Crippen LogP contribution in [0.5, 0.6) is 5.88 Å². The molecule has 1 fully saturated rings. The molecule has 9 heteroatoms. The SMILES string of the molecule is CN(C)CCCOc1ccc(-c2ccc3nnc4c(c3c2)n([C@@H]2CCCOC2)c(=O)n4C)cn1. The van der Waals surface area contributed by atoms with Crippen LogP contribution in [0.4, 0.5) is 0 Å².